The summed E-state index contributed by atoms with van der Waals surface area (Å²) in [5.74, 6) is 1.93. The molecule has 6 aromatic carbocycles. The van der Waals surface area contributed by atoms with Crippen LogP contribution in [0.4, 0.5) is 0 Å². The molecule has 0 saturated carbocycles. The third-order valence-electron chi connectivity index (χ3n) is 7.78. The van der Waals surface area contributed by atoms with Crippen LogP contribution in [0.25, 0.3) is 21.5 Å². The largest absolute Gasteiger partial charge is 0.508 e. The molecule has 0 fully saturated rings. The number of aryl methyl sites for hydroxylation is 2. The van der Waals surface area contributed by atoms with Crippen LogP contribution >= 0.6 is 0 Å². The lowest BCUT2D eigenvalue weighted by atomic mass is 9.78. The van der Waals surface area contributed by atoms with Crippen LogP contribution in [0, 0.1) is 0 Å². The molecule has 1 aliphatic rings. The Bertz CT molecular complexity index is 1690. The number of hydrogen-bond donors (Lipinski definition) is 2. The molecular weight excluding hydrogens is 516 g/mol. The number of hydrogen-bond acceptors (Lipinski definition) is 3. The molecule has 6 aromatic rings. The summed E-state index contributed by atoms with van der Waals surface area (Å²) in [5, 5.41) is 24.4. The minimum atomic E-state index is -0.0963. The molecule has 42 heavy (non-hydrogen) atoms. The Hall–Kier alpha value is -4.76. The Kier molecular flexibility index (Phi) is 8.78. The smallest absolute Gasteiger partial charge is 0.132 e. The van der Waals surface area contributed by atoms with Crippen molar-refractivity contribution in [1.29, 1.82) is 0 Å². The van der Waals surface area contributed by atoms with Gasteiger partial charge in [-0.1, -0.05) is 107 Å². The minimum Gasteiger partial charge on any atom is -0.508 e. The number of ether oxygens (including phenoxy) is 1. The summed E-state index contributed by atoms with van der Waals surface area (Å²) < 4.78 is 6.36. The summed E-state index contributed by atoms with van der Waals surface area (Å²) >= 11 is 0. The van der Waals surface area contributed by atoms with Crippen molar-refractivity contribution in [1.82, 2.24) is 0 Å². The number of rotatable bonds is 3. The molecule has 0 amide bonds. The van der Waals surface area contributed by atoms with E-state index in [1.165, 1.54) is 11.1 Å². The summed E-state index contributed by atoms with van der Waals surface area (Å²) in [7, 11) is 0. The zero-order valence-corrected chi connectivity index (χ0v) is 24.8. The minimum absolute atomic E-state index is 0.0963. The van der Waals surface area contributed by atoms with E-state index in [1.54, 1.807) is 24.3 Å². The zero-order valence-electron chi connectivity index (χ0n) is 24.8. The van der Waals surface area contributed by atoms with Crippen molar-refractivity contribution >= 4 is 21.5 Å². The van der Waals surface area contributed by atoms with Crippen molar-refractivity contribution in [3.63, 3.8) is 0 Å². The van der Waals surface area contributed by atoms with E-state index in [-0.39, 0.29) is 17.4 Å². The van der Waals surface area contributed by atoms with Gasteiger partial charge in [0.05, 0.1) is 0 Å². The molecular formula is C39H38O3. The molecule has 3 heteroatoms. The Morgan fingerprint density at radius 3 is 1.40 bits per heavy atom. The van der Waals surface area contributed by atoms with Gasteiger partial charge in [0, 0.05) is 17.0 Å². The second-order valence-electron chi connectivity index (χ2n) is 10.2. The van der Waals surface area contributed by atoms with E-state index in [9.17, 15) is 10.2 Å². The van der Waals surface area contributed by atoms with Gasteiger partial charge in [0.2, 0.25) is 0 Å². The highest BCUT2D eigenvalue weighted by molar-refractivity contribution is 5.96. The molecule has 1 heterocycles. The van der Waals surface area contributed by atoms with Gasteiger partial charge in [-0.05, 0) is 87.5 Å². The SMILES string of the molecule is CC.CCc1ccc(CC)cc1.Oc1ccc2ccc3c(c2c1)C(c1ccccc1)c1c(ccc2ccc(O)cc12)O3. The molecule has 0 unspecified atom stereocenters. The average Bonchev–Trinajstić information content (AvgIpc) is 3.05. The molecule has 212 valence electrons. The van der Waals surface area contributed by atoms with E-state index < -0.39 is 0 Å². The Labute approximate surface area is 248 Å². The third-order valence-corrected chi connectivity index (χ3v) is 7.78. The van der Waals surface area contributed by atoms with Crippen LogP contribution < -0.4 is 4.74 Å². The fourth-order valence-corrected chi connectivity index (χ4v) is 5.65. The van der Waals surface area contributed by atoms with Crippen LogP contribution in [0.2, 0.25) is 0 Å². The van der Waals surface area contributed by atoms with Gasteiger partial charge in [-0.2, -0.15) is 0 Å². The number of phenolic OH excluding ortho intramolecular Hbond substituents is 2. The average molecular weight is 555 g/mol. The van der Waals surface area contributed by atoms with Crippen molar-refractivity contribution in [2.24, 2.45) is 0 Å². The van der Waals surface area contributed by atoms with Crippen LogP contribution in [0.5, 0.6) is 23.0 Å². The first kappa shape index (κ1) is 28.8. The maximum Gasteiger partial charge on any atom is 0.132 e. The summed E-state index contributed by atoms with van der Waals surface area (Å²) in [6.45, 7) is 8.36. The van der Waals surface area contributed by atoms with E-state index in [2.05, 4.69) is 50.2 Å². The van der Waals surface area contributed by atoms with Crippen molar-refractivity contribution in [2.45, 2.75) is 46.5 Å². The summed E-state index contributed by atoms with van der Waals surface area (Å²) in [6.07, 6.45) is 2.29. The lowest BCUT2D eigenvalue weighted by molar-refractivity contribution is 0.455. The van der Waals surface area contributed by atoms with Gasteiger partial charge in [-0.25, -0.2) is 0 Å². The topological polar surface area (TPSA) is 49.7 Å². The van der Waals surface area contributed by atoms with Gasteiger partial charge in [0.25, 0.3) is 0 Å². The fraction of sp³-hybridized carbons (Fsp3) is 0.179. The van der Waals surface area contributed by atoms with E-state index >= 15 is 0 Å². The number of benzene rings is 6. The van der Waals surface area contributed by atoms with Crippen LogP contribution in [-0.4, -0.2) is 10.2 Å². The number of phenols is 2. The van der Waals surface area contributed by atoms with Crippen molar-refractivity contribution in [3.8, 4) is 23.0 Å². The summed E-state index contributed by atoms with van der Waals surface area (Å²) in [5.41, 5.74) is 6.04. The molecule has 0 spiro atoms. The van der Waals surface area contributed by atoms with E-state index in [0.29, 0.717) is 0 Å². The summed E-state index contributed by atoms with van der Waals surface area (Å²) in [6, 6.07) is 38.1. The summed E-state index contributed by atoms with van der Waals surface area (Å²) in [4.78, 5) is 0. The van der Waals surface area contributed by atoms with Crippen LogP contribution in [-0.2, 0) is 12.8 Å². The molecule has 0 aliphatic carbocycles. The molecule has 0 atom stereocenters. The third kappa shape index (κ3) is 5.69. The number of fused-ring (bicyclic) bond motifs is 6. The first-order valence-corrected chi connectivity index (χ1v) is 14.9. The first-order valence-electron chi connectivity index (χ1n) is 14.9. The highest BCUT2D eigenvalue weighted by Gasteiger charge is 2.32. The van der Waals surface area contributed by atoms with Crippen molar-refractivity contribution in [3.05, 3.63) is 143 Å². The lowest BCUT2D eigenvalue weighted by Gasteiger charge is -2.31. The highest BCUT2D eigenvalue weighted by Crippen LogP contribution is 2.52. The van der Waals surface area contributed by atoms with Gasteiger partial charge in [0.15, 0.2) is 0 Å². The predicted octanol–water partition coefficient (Wildman–Crippen LogP) is 10.5. The Balaban J connectivity index is 0.000000249. The van der Waals surface area contributed by atoms with Crippen LogP contribution in [0.1, 0.15) is 61.4 Å². The van der Waals surface area contributed by atoms with Gasteiger partial charge in [-0.15, -0.1) is 0 Å². The zero-order chi connectivity index (χ0) is 29.6. The van der Waals surface area contributed by atoms with Gasteiger partial charge >= 0.3 is 0 Å². The molecule has 0 bridgehead atoms. The molecule has 2 N–H and O–H groups in total. The molecule has 0 saturated heterocycles. The maximum absolute atomic E-state index is 10.2. The quantitative estimate of drug-likeness (QED) is 0.228. The fourth-order valence-electron chi connectivity index (χ4n) is 5.65. The second kappa shape index (κ2) is 12.8. The first-order chi connectivity index (χ1) is 20.6. The second-order valence-corrected chi connectivity index (χ2v) is 10.2. The number of aromatic hydroxyl groups is 2. The molecule has 1 aliphatic heterocycles. The Morgan fingerprint density at radius 1 is 0.548 bits per heavy atom. The van der Waals surface area contributed by atoms with Crippen LogP contribution in [0.15, 0.2) is 115 Å². The lowest BCUT2D eigenvalue weighted by Crippen LogP contribution is -2.13. The van der Waals surface area contributed by atoms with Gasteiger partial charge < -0.3 is 14.9 Å². The standard InChI is InChI=1S/C27H18O3.C10H14.C2H6/c28-19-10-6-16-8-12-23-26(21(16)14-19)25(18-4-2-1-3-5-18)27-22-15-20(29)11-7-17(22)9-13-24(27)30-23;1-3-9-5-7-10(4-2)8-6-9;1-2/h1-15,25,28-29H;5-8H,3-4H2,1-2H3;1-2H3. The molecule has 3 nitrogen and oxygen atoms in total. The van der Waals surface area contributed by atoms with Crippen molar-refractivity contribution in [2.75, 3.05) is 0 Å². The predicted molar refractivity (Wildman–Crippen MR) is 175 cm³/mol. The molecule has 0 radical (unpaired) electrons. The van der Waals surface area contributed by atoms with E-state index in [4.69, 9.17) is 4.74 Å². The Morgan fingerprint density at radius 2 is 0.976 bits per heavy atom. The maximum atomic E-state index is 10.2. The van der Waals surface area contributed by atoms with E-state index in [0.717, 1.165) is 62.6 Å². The van der Waals surface area contributed by atoms with Gasteiger partial charge in [-0.3, -0.25) is 0 Å². The normalized spacial score (nSPS) is 11.8. The highest BCUT2D eigenvalue weighted by atomic mass is 16.5. The molecule has 7 rings (SSSR count). The van der Waals surface area contributed by atoms with Gasteiger partial charge in [0.1, 0.15) is 23.0 Å². The van der Waals surface area contributed by atoms with Crippen molar-refractivity contribution < 1.29 is 14.9 Å². The molecule has 0 aromatic heterocycles. The monoisotopic (exact) mass is 554 g/mol. The van der Waals surface area contributed by atoms with Crippen LogP contribution in [0.3, 0.4) is 0 Å². The van der Waals surface area contributed by atoms with E-state index in [1.807, 2.05) is 68.4 Å².